The van der Waals surface area contributed by atoms with Crippen molar-refractivity contribution in [3.05, 3.63) is 72.2 Å². The summed E-state index contributed by atoms with van der Waals surface area (Å²) in [6.45, 7) is 5.15. The topological polar surface area (TPSA) is 81.5 Å². The van der Waals surface area contributed by atoms with Crippen LogP contribution in [0.1, 0.15) is 26.3 Å². The first-order chi connectivity index (χ1) is 14.9. The zero-order valence-corrected chi connectivity index (χ0v) is 18.9. The fourth-order valence-corrected chi connectivity index (χ4v) is 4.32. The molecule has 0 spiro atoms. The van der Waals surface area contributed by atoms with E-state index >= 15 is 0 Å². The normalized spacial score (nSPS) is 11.9. The monoisotopic (exact) mass is 463 g/mol. The molecular weight excluding hydrogens is 440 g/mol. The van der Waals surface area contributed by atoms with Crippen molar-refractivity contribution in [2.24, 2.45) is 0 Å². The van der Waals surface area contributed by atoms with Crippen LogP contribution in [-0.4, -0.2) is 41.0 Å². The number of halogens is 2. The molecule has 1 amide bonds. The van der Waals surface area contributed by atoms with Gasteiger partial charge in [-0.1, -0.05) is 0 Å². The third kappa shape index (κ3) is 5.13. The van der Waals surface area contributed by atoms with Crippen LogP contribution in [0.4, 0.5) is 13.6 Å². The van der Waals surface area contributed by atoms with E-state index in [2.05, 4.69) is 4.98 Å². The Bertz CT molecular complexity index is 1240. The lowest BCUT2D eigenvalue weighted by molar-refractivity contribution is 0.0285. The number of hydrogen-bond acceptors (Lipinski definition) is 5. The second kappa shape index (κ2) is 8.70. The van der Waals surface area contributed by atoms with Crippen molar-refractivity contribution in [2.45, 2.75) is 37.8 Å². The number of pyridine rings is 1. The van der Waals surface area contributed by atoms with Gasteiger partial charge in [0.05, 0.1) is 12.2 Å². The summed E-state index contributed by atoms with van der Waals surface area (Å²) in [4.78, 5) is 17.3. The summed E-state index contributed by atoms with van der Waals surface area (Å²) in [5, 5.41) is 0. The number of ether oxygens (including phenoxy) is 1. The maximum atomic E-state index is 14.5. The van der Waals surface area contributed by atoms with Crippen LogP contribution in [0.5, 0.6) is 0 Å². The molecule has 7 nitrogen and oxygen atoms in total. The van der Waals surface area contributed by atoms with E-state index in [1.807, 2.05) is 0 Å². The first-order valence-corrected chi connectivity index (χ1v) is 11.1. The van der Waals surface area contributed by atoms with Crippen molar-refractivity contribution in [3.63, 3.8) is 0 Å². The van der Waals surface area contributed by atoms with Gasteiger partial charge in [0.25, 0.3) is 10.0 Å². The number of benzene rings is 1. The molecule has 0 saturated carbocycles. The smallest absolute Gasteiger partial charge is 0.410 e. The highest BCUT2D eigenvalue weighted by Gasteiger charge is 2.25. The fraction of sp³-hybridized carbons (Fsp3) is 0.273. The van der Waals surface area contributed by atoms with Gasteiger partial charge < -0.3 is 9.64 Å². The first-order valence-electron chi connectivity index (χ1n) is 9.65. The number of carbonyl (C=O) groups excluding carboxylic acids is 1. The lowest BCUT2D eigenvalue weighted by atomic mass is 10.1. The van der Waals surface area contributed by atoms with Gasteiger partial charge in [-0.25, -0.2) is 26.0 Å². The number of hydrogen-bond donors (Lipinski definition) is 0. The molecule has 3 aromatic rings. The highest BCUT2D eigenvalue weighted by Crippen LogP contribution is 2.30. The molecule has 0 N–H and O–H groups in total. The predicted molar refractivity (Wildman–Crippen MR) is 114 cm³/mol. The second-order valence-electron chi connectivity index (χ2n) is 8.18. The van der Waals surface area contributed by atoms with Gasteiger partial charge in [-0.05, 0) is 62.7 Å². The lowest BCUT2D eigenvalue weighted by Crippen LogP contribution is -2.33. The van der Waals surface area contributed by atoms with E-state index in [0.717, 1.165) is 28.4 Å². The quantitative estimate of drug-likeness (QED) is 0.559. The van der Waals surface area contributed by atoms with Gasteiger partial charge in [0.15, 0.2) is 0 Å². The molecule has 0 fully saturated rings. The van der Waals surface area contributed by atoms with E-state index in [1.165, 1.54) is 42.5 Å². The minimum atomic E-state index is -4.18. The summed E-state index contributed by atoms with van der Waals surface area (Å²) < 4.78 is 61.1. The highest BCUT2D eigenvalue weighted by atomic mass is 32.2. The molecule has 0 atom stereocenters. The maximum absolute atomic E-state index is 14.5. The Hall–Kier alpha value is -3.27. The first kappa shape index (κ1) is 23.4. The number of nitrogens with zero attached hydrogens (tertiary/aromatic N) is 3. The Morgan fingerprint density at radius 3 is 2.53 bits per heavy atom. The zero-order valence-electron chi connectivity index (χ0n) is 18.0. The summed E-state index contributed by atoms with van der Waals surface area (Å²) in [6.07, 6.45) is 3.23. The van der Waals surface area contributed by atoms with Gasteiger partial charge in [-0.3, -0.25) is 4.98 Å². The molecule has 10 heteroatoms. The molecule has 0 radical (unpaired) electrons. The second-order valence-corrected chi connectivity index (χ2v) is 10.00. The number of rotatable bonds is 5. The number of carbonyl (C=O) groups is 1. The van der Waals surface area contributed by atoms with Crippen LogP contribution in [0.3, 0.4) is 0 Å². The van der Waals surface area contributed by atoms with E-state index in [-0.39, 0.29) is 22.7 Å². The molecule has 2 aromatic heterocycles. The maximum Gasteiger partial charge on any atom is 0.410 e. The SMILES string of the molecule is CN(Cc1cc(-c2cc(F)ccc2F)n(S(=O)(=O)c2cccnc2)c1)C(=O)OC(C)(C)C. The van der Waals surface area contributed by atoms with Gasteiger partial charge in [0, 0.05) is 31.2 Å². The number of aromatic nitrogens is 2. The van der Waals surface area contributed by atoms with Crippen LogP contribution in [0.25, 0.3) is 11.3 Å². The Balaban J connectivity index is 2.09. The minimum Gasteiger partial charge on any atom is -0.444 e. The van der Waals surface area contributed by atoms with Gasteiger partial charge in [-0.2, -0.15) is 0 Å². The summed E-state index contributed by atoms with van der Waals surface area (Å²) in [7, 11) is -2.69. The van der Waals surface area contributed by atoms with Crippen molar-refractivity contribution < 1.29 is 26.7 Å². The van der Waals surface area contributed by atoms with E-state index in [4.69, 9.17) is 4.74 Å². The van der Waals surface area contributed by atoms with Crippen LogP contribution in [0, 0.1) is 11.6 Å². The molecule has 3 rings (SSSR count). The summed E-state index contributed by atoms with van der Waals surface area (Å²) in [5.41, 5.74) is -0.650. The van der Waals surface area contributed by atoms with E-state index in [9.17, 15) is 22.0 Å². The number of amides is 1. The third-order valence-electron chi connectivity index (χ3n) is 4.36. The molecule has 0 aliphatic rings. The molecule has 0 bridgehead atoms. The third-order valence-corrected chi connectivity index (χ3v) is 6.02. The van der Waals surface area contributed by atoms with Gasteiger partial charge in [-0.15, -0.1) is 0 Å². The predicted octanol–water partition coefficient (Wildman–Crippen LogP) is 4.43. The molecule has 0 unspecified atom stereocenters. The molecular formula is C22H23F2N3O4S. The lowest BCUT2D eigenvalue weighted by Gasteiger charge is -2.24. The largest absolute Gasteiger partial charge is 0.444 e. The minimum absolute atomic E-state index is 0.0194. The van der Waals surface area contributed by atoms with Crippen LogP contribution < -0.4 is 0 Å². The van der Waals surface area contributed by atoms with E-state index in [0.29, 0.717) is 5.56 Å². The van der Waals surface area contributed by atoms with Gasteiger partial charge in [0.1, 0.15) is 22.1 Å². The molecule has 0 saturated heterocycles. The zero-order chi connectivity index (χ0) is 23.7. The van der Waals surface area contributed by atoms with Crippen molar-refractivity contribution >= 4 is 16.1 Å². The molecule has 1 aromatic carbocycles. The van der Waals surface area contributed by atoms with Crippen molar-refractivity contribution in [2.75, 3.05) is 7.05 Å². The van der Waals surface area contributed by atoms with Crippen molar-refractivity contribution in [1.82, 2.24) is 13.9 Å². The van der Waals surface area contributed by atoms with Crippen LogP contribution in [0.15, 0.2) is 59.9 Å². The summed E-state index contributed by atoms with van der Waals surface area (Å²) in [5.74, 6) is -1.51. The summed E-state index contributed by atoms with van der Waals surface area (Å²) in [6, 6.07) is 6.98. The fourth-order valence-electron chi connectivity index (χ4n) is 2.96. The van der Waals surface area contributed by atoms with Crippen molar-refractivity contribution in [1.29, 1.82) is 0 Å². The Kier molecular flexibility index (Phi) is 6.36. The Morgan fingerprint density at radius 1 is 1.19 bits per heavy atom. The van der Waals surface area contributed by atoms with Gasteiger partial charge in [0.2, 0.25) is 0 Å². The van der Waals surface area contributed by atoms with E-state index < -0.39 is 33.4 Å². The average Bonchev–Trinajstić information content (AvgIpc) is 3.13. The molecule has 2 heterocycles. The van der Waals surface area contributed by atoms with Crippen molar-refractivity contribution in [3.8, 4) is 11.3 Å². The van der Waals surface area contributed by atoms with Gasteiger partial charge >= 0.3 is 6.09 Å². The molecule has 0 aliphatic heterocycles. The molecule has 0 aliphatic carbocycles. The van der Waals surface area contributed by atoms with E-state index in [1.54, 1.807) is 20.8 Å². The molecule has 32 heavy (non-hydrogen) atoms. The Labute approximate surface area is 185 Å². The summed E-state index contributed by atoms with van der Waals surface area (Å²) >= 11 is 0. The molecule has 170 valence electrons. The van der Waals surface area contributed by atoms with Crippen LogP contribution in [0.2, 0.25) is 0 Å². The Morgan fingerprint density at radius 2 is 1.91 bits per heavy atom. The standard InChI is InChI=1S/C22H23F2N3O4S/c1-22(2,3)31-21(28)26(4)13-15-10-20(18-11-16(23)7-8-19(18)24)27(14-15)32(29,30)17-6-5-9-25-12-17/h5-12,14H,13H2,1-4H3. The average molecular weight is 464 g/mol. The highest BCUT2D eigenvalue weighted by molar-refractivity contribution is 7.90. The van der Waals surface area contributed by atoms with Crippen LogP contribution >= 0.6 is 0 Å². The van der Waals surface area contributed by atoms with Crippen LogP contribution in [-0.2, 0) is 21.3 Å².